The van der Waals surface area contributed by atoms with Crippen LogP contribution in [0.5, 0.6) is 0 Å². The van der Waals surface area contributed by atoms with Crippen LogP contribution < -0.4 is 10.2 Å². The van der Waals surface area contributed by atoms with E-state index in [1.807, 2.05) is 55.5 Å². The van der Waals surface area contributed by atoms with Crippen molar-refractivity contribution in [3.05, 3.63) is 108 Å². The van der Waals surface area contributed by atoms with Crippen LogP contribution in [-0.4, -0.2) is 31.8 Å². The van der Waals surface area contributed by atoms with Crippen molar-refractivity contribution in [3.63, 3.8) is 0 Å². The van der Waals surface area contributed by atoms with Crippen LogP contribution in [0.3, 0.4) is 0 Å². The van der Waals surface area contributed by atoms with Crippen LogP contribution in [0.25, 0.3) is 11.0 Å². The van der Waals surface area contributed by atoms with Crippen molar-refractivity contribution in [2.45, 2.75) is 26.1 Å². The topological polar surface area (TPSA) is 106 Å². The van der Waals surface area contributed by atoms with E-state index in [9.17, 15) is 9.59 Å². The molecule has 0 aliphatic carbocycles. The predicted molar refractivity (Wildman–Crippen MR) is 134 cm³/mol. The molecule has 0 aliphatic rings. The second-order valence-electron chi connectivity index (χ2n) is 8.32. The number of nitrogens with zero attached hydrogens (tertiary/aromatic N) is 5. The van der Waals surface area contributed by atoms with E-state index in [4.69, 9.17) is 4.42 Å². The zero-order valence-corrected chi connectivity index (χ0v) is 19.6. The minimum absolute atomic E-state index is 0.0958. The Morgan fingerprint density at radius 3 is 2.53 bits per heavy atom. The van der Waals surface area contributed by atoms with E-state index < -0.39 is 6.04 Å². The summed E-state index contributed by atoms with van der Waals surface area (Å²) >= 11 is 0. The Hall–Kier alpha value is -4.79. The van der Waals surface area contributed by atoms with Crippen LogP contribution in [0.15, 0.2) is 95.9 Å². The Morgan fingerprint density at radius 1 is 1.00 bits per heavy atom. The molecule has 5 aromatic rings. The van der Waals surface area contributed by atoms with Gasteiger partial charge < -0.3 is 9.73 Å². The van der Waals surface area contributed by atoms with Crippen molar-refractivity contribution in [1.29, 1.82) is 0 Å². The molecule has 0 spiro atoms. The van der Waals surface area contributed by atoms with Gasteiger partial charge in [0.05, 0.1) is 18.3 Å². The molecule has 0 unspecified atom stereocenters. The van der Waals surface area contributed by atoms with Crippen LogP contribution in [0.2, 0.25) is 0 Å². The van der Waals surface area contributed by atoms with Gasteiger partial charge in [-0.3, -0.25) is 19.5 Å². The second-order valence-corrected chi connectivity index (χ2v) is 8.32. The molecule has 36 heavy (non-hydrogen) atoms. The van der Waals surface area contributed by atoms with Gasteiger partial charge in [-0.05, 0) is 61.0 Å². The first-order valence-electron chi connectivity index (χ1n) is 11.5. The lowest BCUT2D eigenvalue weighted by Gasteiger charge is -2.31. The highest BCUT2D eigenvalue weighted by Gasteiger charge is 2.33. The maximum absolute atomic E-state index is 13.9. The molecule has 0 fully saturated rings. The van der Waals surface area contributed by atoms with E-state index in [1.54, 1.807) is 47.6 Å². The van der Waals surface area contributed by atoms with Gasteiger partial charge in [0, 0.05) is 18.1 Å². The molecule has 5 rings (SSSR count). The minimum atomic E-state index is -0.951. The third-order valence-corrected chi connectivity index (χ3v) is 5.83. The van der Waals surface area contributed by atoms with Crippen molar-refractivity contribution < 1.29 is 14.0 Å². The fourth-order valence-corrected chi connectivity index (χ4v) is 4.03. The molecule has 0 saturated heterocycles. The summed E-state index contributed by atoms with van der Waals surface area (Å²) in [6, 6.07) is 21.0. The number of carbonyl (C=O) groups excluding carboxylic acids is 2. The van der Waals surface area contributed by atoms with E-state index in [-0.39, 0.29) is 24.9 Å². The molecule has 0 radical (unpaired) electrons. The molecule has 9 nitrogen and oxygen atoms in total. The smallest absolute Gasteiger partial charge is 0.249 e. The van der Waals surface area contributed by atoms with Gasteiger partial charge in [-0.2, -0.15) is 0 Å². The molecule has 2 amide bonds. The van der Waals surface area contributed by atoms with Gasteiger partial charge >= 0.3 is 0 Å². The van der Waals surface area contributed by atoms with E-state index in [0.29, 0.717) is 22.5 Å². The molecule has 1 atom stereocenters. The first-order chi connectivity index (χ1) is 17.6. The van der Waals surface area contributed by atoms with E-state index >= 15 is 0 Å². The molecular weight excluding hydrogens is 456 g/mol. The lowest BCUT2D eigenvalue weighted by atomic mass is 10.0. The van der Waals surface area contributed by atoms with Crippen LogP contribution >= 0.6 is 0 Å². The minimum Gasteiger partial charge on any atom is -0.467 e. The van der Waals surface area contributed by atoms with Crippen molar-refractivity contribution in [2.75, 3.05) is 4.90 Å². The maximum Gasteiger partial charge on any atom is 0.249 e. The zero-order valence-electron chi connectivity index (χ0n) is 19.6. The summed E-state index contributed by atoms with van der Waals surface area (Å²) in [5, 5.41) is 11.2. The first kappa shape index (κ1) is 23.0. The number of amides is 2. The highest BCUT2D eigenvalue weighted by molar-refractivity contribution is 6.01. The number of furan rings is 1. The zero-order chi connectivity index (χ0) is 24.9. The number of aromatic nitrogens is 4. The molecule has 0 aliphatic heterocycles. The van der Waals surface area contributed by atoms with Gasteiger partial charge in [0.25, 0.3) is 0 Å². The first-order valence-corrected chi connectivity index (χ1v) is 11.5. The number of aryl methyl sites for hydroxylation is 1. The summed E-state index contributed by atoms with van der Waals surface area (Å²) in [6.07, 6.45) is 4.75. The van der Waals surface area contributed by atoms with E-state index in [0.717, 1.165) is 11.1 Å². The highest BCUT2D eigenvalue weighted by Crippen LogP contribution is 2.29. The lowest BCUT2D eigenvalue weighted by molar-refractivity contribution is -0.127. The van der Waals surface area contributed by atoms with Gasteiger partial charge in [-0.15, -0.1) is 5.10 Å². The van der Waals surface area contributed by atoms with Crippen molar-refractivity contribution >= 4 is 28.5 Å². The monoisotopic (exact) mass is 480 g/mol. The van der Waals surface area contributed by atoms with Gasteiger partial charge in [0.1, 0.15) is 23.9 Å². The van der Waals surface area contributed by atoms with Crippen LogP contribution in [0.1, 0.15) is 22.9 Å². The summed E-state index contributed by atoms with van der Waals surface area (Å²) in [7, 11) is 0. The molecule has 1 N–H and O–H groups in total. The Balaban J connectivity index is 1.54. The third-order valence-electron chi connectivity index (χ3n) is 5.83. The van der Waals surface area contributed by atoms with Gasteiger partial charge in [-0.1, -0.05) is 35.0 Å². The van der Waals surface area contributed by atoms with E-state index in [2.05, 4.69) is 20.6 Å². The quantitative estimate of drug-likeness (QED) is 0.362. The number of rotatable bonds is 8. The van der Waals surface area contributed by atoms with E-state index in [1.165, 1.54) is 4.90 Å². The van der Waals surface area contributed by atoms with Crippen LogP contribution in [0.4, 0.5) is 5.69 Å². The summed E-state index contributed by atoms with van der Waals surface area (Å²) in [5.74, 6) is -0.0569. The summed E-state index contributed by atoms with van der Waals surface area (Å²) in [5.41, 5.74) is 3.67. The lowest BCUT2D eigenvalue weighted by Crippen LogP contribution is -2.45. The standard InChI is InChI=1S/C27H24N6O3/c1-19-8-10-21(11-9-19)33(25(34)18-32-24-7-3-2-6-23(24)30-31-32)26(20-12-14-28-15-13-20)27(35)29-17-22-5-4-16-36-22/h2-16,26H,17-18H2,1H3,(H,29,35)/t26-/m1/s1. The summed E-state index contributed by atoms with van der Waals surface area (Å²) < 4.78 is 6.91. The average Bonchev–Trinajstić information content (AvgIpc) is 3.57. The summed E-state index contributed by atoms with van der Waals surface area (Å²) in [4.78, 5) is 33.1. The second kappa shape index (κ2) is 10.2. The molecular formula is C27H24N6O3. The molecule has 2 aromatic carbocycles. The molecule has 3 aromatic heterocycles. The number of benzene rings is 2. The Morgan fingerprint density at radius 2 is 1.78 bits per heavy atom. The number of hydrogen-bond acceptors (Lipinski definition) is 6. The number of pyridine rings is 1. The summed E-state index contributed by atoms with van der Waals surface area (Å²) in [6.45, 7) is 2.06. The Bertz CT molecular complexity index is 1460. The third kappa shape index (κ3) is 4.85. The normalized spacial score (nSPS) is 11.8. The average molecular weight is 481 g/mol. The molecule has 0 saturated carbocycles. The van der Waals surface area contributed by atoms with Crippen molar-refractivity contribution in [2.24, 2.45) is 0 Å². The van der Waals surface area contributed by atoms with Crippen molar-refractivity contribution in [3.8, 4) is 0 Å². The van der Waals surface area contributed by atoms with Crippen LogP contribution in [0, 0.1) is 6.92 Å². The molecule has 3 heterocycles. The number of hydrogen-bond donors (Lipinski definition) is 1. The number of carbonyl (C=O) groups is 2. The predicted octanol–water partition coefficient (Wildman–Crippen LogP) is 3.82. The SMILES string of the molecule is Cc1ccc(N(C(=O)Cn2nnc3ccccc32)[C@@H](C(=O)NCc2ccco2)c2ccncc2)cc1. The fraction of sp³-hybridized carbons (Fsp3) is 0.148. The number of anilines is 1. The molecule has 0 bridgehead atoms. The Kier molecular flexibility index (Phi) is 6.53. The van der Waals surface area contributed by atoms with Crippen molar-refractivity contribution in [1.82, 2.24) is 25.3 Å². The van der Waals surface area contributed by atoms with Gasteiger partial charge in [0.2, 0.25) is 11.8 Å². The van der Waals surface area contributed by atoms with Gasteiger partial charge in [-0.25, -0.2) is 4.68 Å². The number of fused-ring (bicyclic) bond motifs is 1. The maximum atomic E-state index is 13.9. The Labute approximate surface area is 207 Å². The number of para-hydroxylation sites is 1. The van der Waals surface area contributed by atoms with Gasteiger partial charge in [0.15, 0.2) is 0 Å². The molecule has 180 valence electrons. The van der Waals surface area contributed by atoms with Crippen LogP contribution in [-0.2, 0) is 22.7 Å². The molecule has 9 heteroatoms. The number of nitrogens with one attached hydrogen (secondary N) is 1. The highest BCUT2D eigenvalue weighted by atomic mass is 16.3. The fourth-order valence-electron chi connectivity index (χ4n) is 4.03. The largest absolute Gasteiger partial charge is 0.467 e.